The standard InChI is InChI=1S/C15H20N2O2S2/c1-3-9-17-21(18,19)15-7-5-4-6-13(15)16-11-14-12(2)8-10-20-14/h4-8,10,16-17H,3,9,11H2,1-2H3. The second kappa shape index (κ2) is 7.06. The Morgan fingerprint density at radius 1 is 1.19 bits per heavy atom. The van der Waals surface area contributed by atoms with Gasteiger partial charge in [0.05, 0.1) is 5.69 Å². The minimum atomic E-state index is -3.46. The molecule has 0 fully saturated rings. The Kier molecular flexibility index (Phi) is 5.39. The van der Waals surface area contributed by atoms with Gasteiger partial charge in [0.25, 0.3) is 0 Å². The van der Waals surface area contributed by atoms with Crippen LogP contribution in [0.3, 0.4) is 0 Å². The average molecular weight is 324 g/mol. The largest absolute Gasteiger partial charge is 0.379 e. The molecule has 0 unspecified atom stereocenters. The number of thiophene rings is 1. The van der Waals surface area contributed by atoms with E-state index >= 15 is 0 Å². The summed E-state index contributed by atoms with van der Waals surface area (Å²) in [5, 5.41) is 5.27. The predicted molar refractivity (Wildman–Crippen MR) is 88.3 cm³/mol. The highest BCUT2D eigenvalue weighted by molar-refractivity contribution is 7.89. The van der Waals surface area contributed by atoms with Gasteiger partial charge in [0, 0.05) is 18.0 Å². The number of hydrogen-bond acceptors (Lipinski definition) is 4. The molecule has 0 aliphatic heterocycles. The van der Waals surface area contributed by atoms with Gasteiger partial charge in [-0.15, -0.1) is 11.3 Å². The number of rotatable bonds is 7. The molecule has 1 aromatic carbocycles. The molecule has 114 valence electrons. The van der Waals surface area contributed by atoms with Gasteiger partial charge in [-0.05, 0) is 42.5 Å². The van der Waals surface area contributed by atoms with Crippen molar-refractivity contribution in [3.63, 3.8) is 0 Å². The topological polar surface area (TPSA) is 58.2 Å². The number of aryl methyl sites for hydroxylation is 1. The number of benzene rings is 1. The molecule has 1 aromatic heterocycles. The highest BCUT2D eigenvalue weighted by Gasteiger charge is 2.17. The van der Waals surface area contributed by atoms with Gasteiger partial charge in [-0.2, -0.15) is 0 Å². The van der Waals surface area contributed by atoms with E-state index in [1.807, 2.05) is 18.4 Å². The molecule has 4 nitrogen and oxygen atoms in total. The monoisotopic (exact) mass is 324 g/mol. The van der Waals surface area contributed by atoms with E-state index in [2.05, 4.69) is 23.0 Å². The van der Waals surface area contributed by atoms with Gasteiger partial charge in [-0.3, -0.25) is 0 Å². The van der Waals surface area contributed by atoms with Crippen molar-refractivity contribution < 1.29 is 8.42 Å². The Hall–Kier alpha value is -1.37. The molecule has 1 heterocycles. The van der Waals surface area contributed by atoms with Gasteiger partial charge in [-0.1, -0.05) is 19.1 Å². The number of nitrogens with one attached hydrogen (secondary N) is 2. The molecular weight excluding hydrogens is 304 g/mol. The summed E-state index contributed by atoms with van der Waals surface area (Å²) in [6.45, 7) is 5.07. The van der Waals surface area contributed by atoms with E-state index < -0.39 is 10.0 Å². The molecule has 21 heavy (non-hydrogen) atoms. The molecule has 0 bridgehead atoms. The van der Waals surface area contributed by atoms with E-state index in [9.17, 15) is 8.42 Å². The zero-order valence-corrected chi connectivity index (χ0v) is 13.9. The van der Waals surface area contributed by atoms with Crippen molar-refractivity contribution in [2.45, 2.75) is 31.7 Å². The van der Waals surface area contributed by atoms with Crippen molar-refractivity contribution in [3.05, 3.63) is 46.2 Å². The lowest BCUT2D eigenvalue weighted by molar-refractivity contribution is 0.581. The van der Waals surface area contributed by atoms with Crippen LogP contribution in [0.4, 0.5) is 5.69 Å². The van der Waals surface area contributed by atoms with Crippen LogP contribution in [0.25, 0.3) is 0 Å². The number of anilines is 1. The minimum Gasteiger partial charge on any atom is -0.379 e. The first-order valence-corrected chi connectivity index (χ1v) is 9.26. The summed E-state index contributed by atoms with van der Waals surface area (Å²) >= 11 is 1.67. The second-order valence-corrected chi connectivity index (χ2v) is 7.51. The van der Waals surface area contributed by atoms with Crippen LogP contribution in [0.2, 0.25) is 0 Å². The van der Waals surface area contributed by atoms with Gasteiger partial charge < -0.3 is 5.32 Å². The first-order chi connectivity index (χ1) is 10.0. The van der Waals surface area contributed by atoms with Gasteiger partial charge in [-0.25, -0.2) is 13.1 Å². The summed E-state index contributed by atoms with van der Waals surface area (Å²) < 4.78 is 27.2. The van der Waals surface area contributed by atoms with Crippen molar-refractivity contribution in [1.29, 1.82) is 0 Å². The van der Waals surface area contributed by atoms with Crippen molar-refractivity contribution in [2.24, 2.45) is 0 Å². The van der Waals surface area contributed by atoms with E-state index in [4.69, 9.17) is 0 Å². The third-order valence-electron chi connectivity index (χ3n) is 3.13. The normalized spacial score (nSPS) is 11.5. The summed E-state index contributed by atoms with van der Waals surface area (Å²) in [4.78, 5) is 1.51. The van der Waals surface area contributed by atoms with Crippen molar-refractivity contribution >= 4 is 27.0 Å². The third kappa shape index (κ3) is 4.06. The van der Waals surface area contributed by atoms with Gasteiger partial charge in [0.2, 0.25) is 10.0 Å². The lowest BCUT2D eigenvalue weighted by atomic mass is 10.2. The Bertz CT molecular complexity index is 693. The maximum atomic E-state index is 12.3. The molecule has 0 amide bonds. The molecule has 2 aromatic rings. The minimum absolute atomic E-state index is 0.299. The highest BCUT2D eigenvalue weighted by atomic mass is 32.2. The third-order valence-corrected chi connectivity index (χ3v) is 5.67. The summed E-state index contributed by atoms with van der Waals surface area (Å²) in [6.07, 6.45) is 0.767. The molecule has 0 saturated carbocycles. The van der Waals surface area contributed by atoms with Crippen LogP contribution >= 0.6 is 11.3 Å². The van der Waals surface area contributed by atoms with Crippen LogP contribution < -0.4 is 10.0 Å². The molecular formula is C15H20N2O2S2. The SMILES string of the molecule is CCCNS(=O)(=O)c1ccccc1NCc1sccc1C. The summed E-state index contributed by atoms with van der Waals surface area (Å²) in [7, 11) is -3.46. The molecule has 0 radical (unpaired) electrons. The smallest absolute Gasteiger partial charge is 0.242 e. The summed E-state index contributed by atoms with van der Waals surface area (Å²) in [6, 6.07) is 9.06. The zero-order chi connectivity index (χ0) is 15.3. The quantitative estimate of drug-likeness (QED) is 0.821. The van der Waals surface area contributed by atoms with E-state index in [1.54, 1.807) is 29.5 Å². The van der Waals surface area contributed by atoms with E-state index in [1.165, 1.54) is 10.4 Å². The fraction of sp³-hybridized carbons (Fsp3) is 0.333. The first kappa shape index (κ1) is 16.0. The molecule has 2 rings (SSSR count). The predicted octanol–water partition coefficient (Wildman–Crippen LogP) is 3.36. The maximum absolute atomic E-state index is 12.3. The van der Waals surface area contributed by atoms with E-state index in [-0.39, 0.29) is 0 Å². The molecule has 0 saturated heterocycles. The van der Waals surface area contributed by atoms with Crippen LogP contribution in [-0.4, -0.2) is 15.0 Å². The van der Waals surface area contributed by atoms with E-state index in [0.717, 1.165) is 6.42 Å². The second-order valence-electron chi connectivity index (χ2n) is 4.77. The van der Waals surface area contributed by atoms with Crippen LogP contribution in [0.1, 0.15) is 23.8 Å². The van der Waals surface area contributed by atoms with Gasteiger partial charge in [0.15, 0.2) is 0 Å². The highest BCUT2D eigenvalue weighted by Crippen LogP contribution is 2.23. The van der Waals surface area contributed by atoms with Crippen LogP contribution in [0, 0.1) is 6.92 Å². The number of hydrogen-bond donors (Lipinski definition) is 2. The molecule has 6 heteroatoms. The van der Waals surface area contributed by atoms with E-state index in [0.29, 0.717) is 23.7 Å². The van der Waals surface area contributed by atoms with Crippen LogP contribution in [0.5, 0.6) is 0 Å². The fourth-order valence-electron chi connectivity index (χ4n) is 1.92. The molecule has 2 N–H and O–H groups in total. The van der Waals surface area contributed by atoms with Gasteiger partial charge >= 0.3 is 0 Å². The number of para-hydroxylation sites is 1. The molecule has 0 spiro atoms. The summed E-state index contributed by atoms with van der Waals surface area (Å²) in [5.74, 6) is 0. The van der Waals surface area contributed by atoms with Crippen LogP contribution in [-0.2, 0) is 16.6 Å². The Morgan fingerprint density at radius 2 is 1.95 bits per heavy atom. The van der Waals surface area contributed by atoms with Crippen molar-refractivity contribution in [2.75, 3.05) is 11.9 Å². The molecule has 0 aliphatic carbocycles. The molecule has 0 atom stereocenters. The number of sulfonamides is 1. The van der Waals surface area contributed by atoms with Gasteiger partial charge in [0.1, 0.15) is 4.90 Å². The Labute approximate surface area is 130 Å². The lowest BCUT2D eigenvalue weighted by Gasteiger charge is -2.13. The Morgan fingerprint density at radius 3 is 2.62 bits per heavy atom. The lowest BCUT2D eigenvalue weighted by Crippen LogP contribution is -2.25. The van der Waals surface area contributed by atoms with Crippen LogP contribution in [0.15, 0.2) is 40.6 Å². The summed E-state index contributed by atoms with van der Waals surface area (Å²) in [5.41, 5.74) is 1.85. The first-order valence-electron chi connectivity index (χ1n) is 6.90. The average Bonchev–Trinajstić information content (AvgIpc) is 2.88. The zero-order valence-electron chi connectivity index (χ0n) is 12.2. The molecule has 0 aliphatic rings. The fourth-order valence-corrected chi connectivity index (χ4v) is 4.08. The Balaban J connectivity index is 2.19. The van der Waals surface area contributed by atoms with Crippen molar-refractivity contribution in [1.82, 2.24) is 4.72 Å². The maximum Gasteiger partial charge on any atom is 0.242 e. The van der Waals surface area contributed by atoms with Crippen molar-refractivity contribution in [3.8, 4) is 0 Å².